The summed E-state index contributed by atoms with van der Waals surface area (Å²) in [6, 6.07) is 13.7. The fraction of sp³-hybridized carbons (Fsp3) is 0.261. The number of carbonyl (C=O) groups excluding carboxylic acids is 1. The number of ketones is 1. The number of carbonyl (C=O) groups is 1. The van der Waals surface area contributed by atoms with Crippen molar-refractivity contribution in [3.8, 4) is 11.5 Å². The summed E-state index contributed by atoms with van der Waals surface area (Å²) in [7, 11) is -3.74. The molecule has 1 fully saturated rings. The number of hydrogen-bond donors (Lipinski definition) is 0. The Bertz CT molecular complexity index is 1260. The van der Waals surface area contributed by atoms with E-state index in [0.717, 1.165) is 16.9 Å². The van der Waals surface area contributed by atoms with Gasteiger partial charge in [0, 0.05) is 19.0 Å². The molecule has 2 aromatic carbocycles. The third kappa shape index (κ3) is 5.58. The number of benzene rings is 2. The van der Waals surface area contributed by atoms with E-state index in [1.807, 2.05) is 12.1 Å². The number of aryl methyl sites for hydroxylation is 1. The van der Waals surface area contributed by atoms with Gasteiger partial charge < -0.3 is 4.74 Å². The van der Waals surface area contributed by atoms with Crippen LogP contribution in [0.25, 0.3) is 0 Å². The fourth-order valence-electron chi connectivity index (χ4n) is 3.74. The monoisotopic (exact) mass is 527 g/mol. The third-order valence-corrected chi connectivity index (χ3v) is 9.29. The quantitative estimate of drug-likeness (QED) is 0.342. The van der Waals surface area contributed by atoms with E-state index in [9.17, 15) is 17.6 Å². The molecule has 0 amide bonds. The Hall–Kier alpha value is -1.97. The van der Waals surface area contributed by atoms with Gasteiger partial charge in [-0.1, -0.05) is 35.3 Å². The second-order valence-corrected chi connectivity index (χ2v) is 11.9. The number of nitrogens with zero attached hydrogens (tertiary/aromatic N) is 1. The lowest BCUT2D eigenvalue weighted by Gasteiger charge is -2.22. The van der Waals surface area contributed by atoms with E-state index in [4.69, 9.17) is 27.9 Å². The van der Waals surface area contributed by atoms with Crippen LogP contribution in [-0.4, -0.2) is 31.1 Å². The Labute approximate surface area is 205 Å². The van der Waals surface area contributed by atoms with Crippen molar-refractivity contribution >= 4 is 50.3 Å². The molecule has 174 valence electrons. The zero-order valence-corrected chi connectivity index (χ0v) is 20.5. The molecule has 1 aliphatic rings. The van der Waals surface area contributed by atoms with Crippen molar-refractivity contribution < 1.29 is 22.3 Å². The molecule has 1 aliphatic heterocycles. The second-order valence-electron chi connectivity index (χ2n) is 7.62. The lowest BCUT2D eigenvalue weighted by atomic mass is 10.0. The van der Waals surface area contributed by atoms with Crippen LogP contribution in [0.15, 0.2) is 58.8 Å². The highest BCUT2D eigenvalue weighted by Crippen LogP contribution is 2.33. The summed E-state index contributed by atoms with van der Waals surface area (Å²) in [4.78, 5) is 12.9. The Morgan fingerprint density at radius 2 is 1.82 bits per heavy atom. The van der Waals surface area contributed by atoms with E-state index in [0.29, 0.717) is 41.6 Å². The molecule has 0 aliphatic carbocycles. The molecule has 0 spiro atoms. The molecule has 0 bridgehead atoms. The second kappa shape index (κ2) is 10.1. The number of ether oxygens (including phenoxy) is 1. The van der Waals surface area contributed by atoms with Crippen molar-refractivity contribution in [2.75, 3.05) is 6.54 Å². The molecule has 0 saturated carbocycles. The summed E-state index contributed by atoms with van der Waals surface area (Å²) >= 11 is 12.7. The van der Waals surface area contributed by atoms with Crippen LogP contribution >= 0.6 is 34.5 Å². The first-order valence-electron chi connectivity index (χ1n) is 10.3. The van der Waals surface area contributed by atoms with Gasteiger partial charge in [-0.25, -0.2) is 12.8 Å². The predicted molar refractivity (Wildman–Crippen MR) is 127 cm³/mol. The average molecular weight is 528 g/mol. The van der Waals surface area contributed by atoms with Crippen LogP contribution in [0.5, 0.6) is 11.5 Å². The van der Waals surface area contributed by atoms with Crippen LogP contribution < -0.4 is 4.74 Å². The first-order valence-corrected chi connectivity index (χ1v) is 13.3. The molecule has 0 N–H and O–H groups in total. The predicted octanol–water partition coefficient (Wildman–Crippen LogP) is 6.34. The summed E-state index contributed by atoms with van der Waals surface area (Å²) in [6.07, 6.45) is 1.88. The van der Waals surface area contributed by atoms with E-state index in [2.05, 4.69) is 0 Å². The van der Waals surface area contributed by atoms with Gasteiger partial charge in [0.1, 0.15) is 21.5 Å². The third-order valence-electron chi connectivity index (χ3n) is 5.40. The van der Waals surface area contributed by atoms with E-state index in [1.54, 1.807) is 18.2 Å². The Balaban J connectivity index is 1.36. The summed E-state index contributed by atoms with van der Waals surface area (Å²) in [5.41, 5.74) is 0.922. The van der Waals surface area contributed by atoms with Crippen LogP contribution in [0.1, 0.15) is 24.8 Å². The van der Waals surface area contributed by atoms with Gasteiger partial charge in [-0.3, -0.25) is 4.79 Å². The molecule has 2 heterocycles. The van der Waals surface area contributed by atoms with Gasteiger partial charge in [0.2, 0.25) is 0 Å². The molecule has 4 rings (SSSR count). The van der Waals surface area contributed by atoms with Gasteiger partial charge >= 0.3 is 0 Å². The van der Waals surface area contributed by atoms with Gasteiger partial charge in [0.25, 0.3) is 10.0 Å². The van der Waals surface area contributed by atoms with Gasteiger partial charge in [0.15, 0.2) is 5.78 Å². The molecule has 0 radical (unpaired) electrons. The average Bonchev–Trinajstić information content (AvgIpc) is 3.46. The van der Waals surface area contributed by atoms with Crippen molar-refractivity contribution in [1.29, 1.82) is 0 Å². The number of Topliss-reactive ketones (excluding diaryl/α,β-unsaturated/α-hetero) is 1. The summed E-state index contributed by atoms with van der Waals surface area (Å²) in [5, 5.41) is -0.0206. The van der Waals surface area contributed by atoms with Crippen molar-refractivity contribution in [2.45, 2.75) is 35.9 Å². The van der Waals surface area contributed by atoms with Crippen molar-refractivity contribution in [1.82, 2.24) is 4.31 Å². The minimum atomic E-state index is -3.74. The number of rotatable bonds is 8. The molecular weight excluding hydrogens is 508 g/mol. The maximum absolute atomic E-state index is 13.3. The summed E-state index contributed by atoms with van der Waals surface area (Å²) in [6.45, 7) is 0.327. The van der Waals surface area contributed by atoms with Crippen LogP contribution in [0, 0.1) is 5.82 Å². The molecule has 5 nitrogen and oxygen atoms in total. The fourth-order valence-corrected chi connectivity index (χ4v) is 7.20. The Morgan fingerprint density at radius 3 is 2.48 bits per heavy atom. The lowest BCUT2D eigenvalue weighted by Crippen LogP contribution is -2.40. The molecule has 1 aromatic heterocycles. The summed E-state index contributed by atoms with van der Waals surface area (Å²) in [5.74, 6) is 0.353. The van der Waals surface area contributed by atoms with Crippen LogP contribution in [0.2, 0.25) is 9.36 Å². The maximum Gasteiger partial charge on any atom is 0.253 e. The number of hydrogen-bond acceptors (Lipinski definition) is 5. The van der Waals surface area contributed by atoms with E-state index in [1.165, 1.54) is 28.6 Å². The largest absolute Gasteiger partial charge is 0.457 e. The molecule has 0 unspecified atom stereocenters. The normalized spacial score (nSPS) is 16.8. The van der Waals surface area contributed by atoms with E-state index in [-0.39, 0.29) is 21.4 Å². The molecule has 1 saturated heterocycles. The van der Waals surface area contributed by atoms with E-state index < -0.39 is 21.9 Å². The van der Waals surface area contributed by atoms with E-state index >= 15 is 0 Å². The zero-order chi connectivity index (χ0) is 23.6. The van der Waals surface area contributed by atoms with Crippen molar-refractivity contribution in [3.05, 3.63) is 75.3 Å². The van der Waals surface area contributed by atoms with Crippen molar-refractivity contribution in [2.24, 2.45) is 0 Å². The van der Waals surface area contributed by atoms with Gasteiger partial charge in [0.05, 0.1) is 15.4 Å². The number of thiophene rings is 1. The SMILES string of the molecule is O=C(CCc1ccc(Oc2ccc(F)c(Cl)c2)cc1)[C@@H]1CCCN1S(=O)(=O)c1ccc(Cl)s1. The highest BCUT2D eigenvalue weighted by molar-refractivity contribution is 7.91. The lowest BCUT2D eigenvalue weighted by molar-refractivity contribution is -0.122. The van der Waals surface area contributed by atoms with Crippen LogP contribution in [0.3, 0.4) is 0 Å². The highest BCUT2D eigenvalue weighted by Gasteiger charge is 2.39. The molecule has 10 heteroatoms. The minimum Gasteiger partial charge on any atom is -0.457 e. The highest BCUT2D eigenvalue weighted by atomic mass is 35.5. The number of halogens is 3. The number of sulfonamides is 1. The topological polar surface area (TPSA) is 63.7 Å². The Morgan fingerprint density at radius 1 is 1.09 bits per heavy atom. The van der Waals surface area contributed by atoms with Crippen LogP contribution in [0.4, 0.5) is 4.39 Å². The smallest absolute Gasteiger partial charge is 0.253 e. The first kappa shape index (κ1) is 24.2. The van der Waals surface area contributed by atoms with Gasteiger partial charge in [-0.15, -0.1) is 11.3 Å². The molecule has 3 aromatic rings. The van der Waals surface area contributed by atoms with Crippen LogP contribution in [-0.2, 0) is 21.2 Å². The first-order chi connectivity index (χ1) is 15.7. The maximum atomic E-state index is 13.3. The zero-order valence-electron chi connectivity index (χ0n) is 17.3. The summed E-state index contributed by atoms with van der Waals surface area (Å²) < 4.78 is 46.7. The molecule has 33 heavy (non-hydrogen) atoms. The van der Waals surface area contributed by atoms with Gasteiger partial charge in [-0.05, 0) is 61.2 Å². The Kier molecular flexibility index (Phi) is 7.40. The molecular formula is C23H20Cl2FNO4S2. The van der Waals surface area contributed by atoms with Gasteiger partial charge in [-0.2, -0.15) is 4.31 Å². The molecule has 1 atom stereocenters. The minimum absolute atomic E-state index is 0.0206. The van der Waals surface area contributed by atoms with Crippen molar-refractivity contribution in [3.63, 3.8) is 0 Å². The standard InChI is InChI=1S/C23H20Cl2FNO4S2/c24-18-14-17(8-9-19(18)26)31-16-6-3-15(4-7-16)5-10-21(28)20-2-1-13-27(20)33(29,30)23-12-11-22(25)32-23/h3-4,6-9,11-12,14,20H,1-2,5,10,13H2/t20-/m0/s1.